The molecular formula is C13H10Na2O4. The van der Waals surface area contributed by atoms with E-state index in [4.69, 9.17) is 5.11 Å². The molecule has 0 aromatic heterocycles. The van der Waals surface area contributed by atoms with Crippen molar-refractivity contribution >= 4 is 5.97 Å². The molecule has 0 radical (unpaired) electrons. The monoisotopic (exact) mass is 276 g/mol. The third-order valence-electron chi connectivity index (χ3n) is 1.86. The van der Waals surface area contributed by atoms with Gasteiger partial charge < -0.3 is 15.3 Å². The second-order valence-corrected chi connectivity index (χ2v) is 3.11. The first kappa shape index (κ1) is 20.8. The summed E-state index contributed by atoms with van der Waals surface area (Å²) >= 11 is 0. The van der Waals surface area contributed by atoms with Gasteiger partial charge in [-0.25, -0.2) is 4.79 Å². The van der Waals surface area contributed by atoms with E-state index in [9.17, 15) is 15.0 Å². The van der Waals surface area contributed by atoms with Crippen molar-refractivity contribution in [3.63, 3.8) is 0 Å². The fourth-order valence-corrected chi connectivity index (χ4v) is 1.06. The number of carboxylic acids is 1. The van der Waals surface area contributed by atoms with E-state index in [1.165, 1.54) is 36.4 Å². The summed E-state index contributed by atoms with van der Waals surface area (Å²) in [7, 11) is 0. The van der Waals surface area contributed by atoms with Crippen LogP contribution in [-0.2, 0) is 0 Å². The van der Waals surface area contributed by atoms with Crippen LogP contribution in [0.2, 0.25) is 0 Å². The smallest absolute Gasteiger partial charge is 0.872 e. The molecule has 0 aliphatic carbocycles. The maximum Gasteiger partial charge on any atom is 1.00 e. The zero-order valence-electron chi connectivity index (χ0n) is 10.9. The summed E-state index contributed by atoms with van der Waals surface area (Å²) in [6.45, 7) is 0. The maximum atomic E-state index is 10.7. The first-order valence-electron chi connectivity index (χ1n) is 4.82. The van der Waals surface area contributed by atoms with Crippen molar-refractivity contribution in [3.05, 3.63) is 60.2 Å². The minimum Gasteiger partial charge on any atom is -0.872 e. The van der Waals surface area contributed by atoms with Crippen molar-refractivity contribution in [2.75, 3.05) is 0 Å². The Bertz CT molecular complexity index is 489. The van der Waals surface area contributed by atoms with Gasteiger partial charge in [-0.15, -0.1) is 5.75 Å². The Morgan fingerprint density at radius 3 is 1.63 bits per heavy atom. The van der Waals surface area contributed by atoms with Crippen molar-refractivity contribution in [2.24, 2.45) is 0 Å². The van der Waals surface area contributed by atoms with Crippen LogP contribution in [-0.4, -0.2) is 11.1 Å². The van der Waals surface area contributed by atoms with Crippen LogP contribution < -0.4 is 69.3 Å². The minimum atomic E-state index is -1.18. The van der Waals surface area contributed by atoms with Crippen molar-refractivity contribution in [1.29, 1.82) is 0 Å². The molecule has 88 valence electrons. The van der Waals surface area contributed by atoms with Crippen molar-refractivity contribution < 1.29 is 79.2 Å². The van der Waals surface area contributed by atoms with Crippen LogP contribution in [0, 0.1) is 0 Å². The standard InChI is InChI=1S/C7H6O3.C6H6O.2Na/c8-6-4-2-1-3-5(6)7(9)10;7-6-4-2-1-3-5-6;;/h1-4,8H,(H,9,10);1-5,7H;;/q;;2*+1/p-2. The van der Waals surface area contributed by atoms with Gasteiger partial charge in [0, 0.05) is 0 Å². The SMILES string of the molecule is O=C(O)c1ccccc1[O-].[Na+].[Na+].[O-]c1ccccc1. The quantitative estimate of drug-likeness (QED) is 0.530. The Labute approximate surface area is 155 Å². The van der Waals surface area contributed by atoms with Gasteiger partial charge >= 0.3 is 65.1 Å². The molecule has 19 heavy (non-hydrogen) atoms. The van der Waals surface area contributed by atoms with Gasteiger partial charge in [0.1, 0.15) is 0 Å². The number of carboxylic acid groups (broad SMARTS) is 1. The van der Waals surface area contributed by atoms with Crippen molar-refractivity contribution in [3.8, 4) is 11.5 Å². The Kier molecular flexibility index (Phi) is 12.4. The summed E-state index contributed by atoms with van der Waals surface area (Å²) in [6.07, 6.45) is 0. The zero-order valence-corrected chi connectivity index (χ0v) is 14.9. The van der Waals surface area contributed by atoms with Crippen LogP contribution >= 0.6 is 0 Å². The van der Waals surface area contributed by atoms with Crippen LogP contribution in [0.3, 0.4) is 0 Å². The molecule has 0 atom stereocenters. The molecule has 2 aromatic rings. The van der Waals surface area contributed by atoms with E-state index in [2.05, 4.69) is 0 Å². The molecule has 0 saturated heterocycles. The van der Waals surface area contributed by atoms with Gasteiger partial charge in [0.15, 0.2) is 0 Å². The van der Waals surface area contributed by atoms with Crippen LogP contribution in [0.25, 0.3) is 0 Å². The van der Waals surface area contributed by atoms with E-state index in [-0.39, 0.29) is 70.4 Å². The van der Waals surface area contributed by atoms with Gasteiger partial charge in [0.25, 0.3) is 0 Å². The molecule has 0 heterocycles. The number of aromatic carboxylic acids is 1. The molecule has 0 bridgehead atoms. The van der Waals surface area contributed by atoms with Crippen molar-refractivity contribution in [1.82, 2.24) is 0 Å². The van der Waals surface area contributed by atoms with Gasteiger partial charge in [0.2, 0.25) is 0 Å². The number of hydrogen-bond donors (Lipinski definition) is 1. The molecule has 0 aliphatic heterocycles. The Morgan fingerprint density at radius 2 is 1.32 bits per heavy atom. The Hall–Kier alpha value is -0.490. The largest absolute Gasteiger partial charge is 1.00 e. The molecule has 2 aromatic carbocycles. The summed E-state index contributed by atoms with van der Waals surface area (Å²) in [5, 5.41) is 29.3. The molecule has 0 fully saturated rings. The molecule has 4 nitrogen and oxygen atoms in total. The fourth-order valence-electron chi connectivity index (χ4n) is 1.06. The summed E-state index contributed by atoms with van der Waals surface area (Å²) in [4.78, 5) is 10.2. The van der Waals surface area contributed by atoms with Crippen LogP contribution in [0.1, 0.15) is 10.4 Å². The molecule has 0 saturated carbocycles. The summed E-state index contributed by atoms with van der Waals surface area (Å²) in [5.41, 5.74) is -0.178. The number of carbonyl (C=O) groups is 1. The zero-order chi connectivity index (χ0) is 12.7. The molecule has 0 aliphatic rings. The number of hydrogen-bond acceptors (Lipinski definition) is 3. The second kappa shape index (κ2) is 11.3. The first-order chi connectivity index (χ1) is 8.11. The maximum absolute atomic E-state index is 10.7. The van der Waals surface area contributed by atoms with E-state index in [1.54, 1.807) is 12.1 Å². The first-order valence-corrected chi connectivity index (χ1v) is 4.82. The van der Waals surface area contributed by atoms with Crippen LogP contribution in [0.4, 0.5) is 0 Å². The topological polar surface area (TPSA) is 83.4 Å². The van der Waals surface area contributed by atoms with Crippen molar-refractivity contribution in [2.45, 2.75) is 0 Å². The van der Waals surface area contributed by atoms with E-state index < -0.39 is 11.7 Å². The summed E-state index contributed by atoms with van der Waals surface area (Å²) < 4.78 is 0. The predicted molar refractivity (Wildman–Crippen MR) is 58.7 cm³/mol. The molecule has 1 N–H and O–H groups in total. The number of para-hydroxylation sites is 2. The normalized spacial score (nSPS) is 8.00. The Balaban J connectivity index is 0. The average Bonchev–Trinajstić information content (AvgIpc) is 2.31. The minimum absolute atomic E-state index is 0. The predicted octanol–water partition coefficient (Wildman–Crippen LogP) is -4.77. The van der Waals surface area contributed by atoms with Gasteiger partial charge in [-0.3, -0.25) is 0 Å². The summed E-state index contributed by atoms with van der Waals surface area (Å²) in [6, 6.07) is 13.9. The van der Waals surface area contributed by atoms with Gasteiger partial charge in [-0.05, 0) is 6.07 Å². The summed E-state index contributed by atoms with van der Waals surface area (Å²) in [5.74, 6) is -1.55. The third-order valence-corrected chi connectivity index (χ3v) is 1.86. The molecule has 6 heteroatoms. The van der Waals surface area contributed by atoms with Gasteiger partial charge in [-0.2, -0.15) is 0 Å². The third kappa shape index (κ3) is 8.31. The molecule has 2 rings (SSSR count). The molecule has 0 amide bonds. The van der Waals surface area contributed by atoms with E-state index >= 15 is 0 Å². The fraction of sp³-hybridized carbons (Fsp3) is 0. The Morgan fingerprint density at radius 1 is 0.842 bits per heavy atom. The average molecular weight is 276 g/mol. The van der Waals surface area contributed by atoms with E-state index in [1.807, 2.05) is 6.07 Å². The molecule has 0 unspecified atom stereocenters. The van der Waals surface area contributed by atoms with Gasteiger partial charge in [-0.1, -0.05) is 54.3 Å². The number of rotatable bonds is 1. The van der Waals surface area contributed by atoms with E-state index in [0.717, 1.165) is 0 Å². The van der Waals surface area contributed by atoms with Crippen LogP contribution in [0.15, 0.2) is 54.6 Å². The molecule has 0 spiro atoms. The van der Waals surface area contributed by atoms with Gasteiger partial charge in [0.05, 0.1) is 5.56 Å². The van der Waals surface area contributed by atoms with E-state index in [0.29, 0.717) is 0 Å². The molecular weight excluding hydrogens is 266 g/mol. The number of benzene rings is 2. The van der Waals surface area contributed by atoms with Crippen LogP contribution in [0.5, 0.6) is 11.5 Å². The second-order valence-electron chi connectivity index (χ2n) is 3.11.